The molecule has 0 saturated carbocycles. The van der Waals surface area contributed by atoms with E-state index in [2.05, 4.69) is 26.0 Å². The highest BCUT2D eigenvalue weighted by molar-refractivity contribution is 9.10. The second-order valence-corrected chi connectivity index (χ2v) is 5.31. The molecule has 7 heteroatoms. The van der Waals surface area contributed by atoms with Crippen LogP contribution in [0, 0.1) is 0 Å². The van der Waals surface area contributed by atoms with Gasteiger partial charge in [0.25, 0.3) is 0 Å². The number of nitrogens with one attached hydrogen (secondary N) is 1. The standard InChI is InChI=1S/C11H13BrF3NOS/c1-18-5-4-16-7-8-6-9(2-3-10(8)12)17-11(13,14)15/h2-3,6,16H,4-5,7H2,1H3. The van der Waals surface area contributed by atoms with Gasteiger partial charge in [-0.05, 0) is 30.0 Å². The second-order valence-electron chi connectivity index (χ2n) is 3.47. The molecule has 0 aromatic heterocycles. The van der Waals surface area contributed by atoms with Crippen LogP contribution < -0.4 is 10.1 Å². The van der Waals surface area contributed by atoms with Crippen molar-refractivity contribution < 1.29 is 17.9 Å². The number of halogens is 4. The van der Waals surface area contributed by atoms with Crippen molar-refractivity contribution in [3.05, 3.63) is 28.2 Å². The minimum atomic E-state index is -4.66. The van der Waals surface area contributed by atoms with E-state index in [1.165, 1.54) is 12.1 Å². The number of alkyl halides is 3. The summed E-state index contributed by atoms with van der Waals surface area (Å²) < 4.78 is 40.9. The zero-order chi connectivity index (χ0) is 13.6. The van der Waals surface area contributed by atoms with Crippen LogP contribution in [0.1, 0.15) is 5.56 Å². The Labute approximate surface area is 116 Å². The number of benzene rings is 1. The zero-order valence-electron chi connectivity index (χ0n) is 9.68. The molecule has 0 saturated heterocycles. The number of rotatable bonds is 6. The Bertz CT molecular complexity index is 387. The summed E-state index contributed by atoms with van der Waals surface area (Å²) in [4.78, 5) is 0. The van der Waals surface area contributed by atoms with E-state index in [-0.39, 0.29) is 5.75 Å². The average Bonchev–Trinajstić information content (AvgIpc) is 2.26. The number of thioether (sulfide) groups is 1. The first-order valence-corrected chi connectivity index (χ1v) is 7.35. The lowest BCUT2D eigenvalue weighted by Crippen LogP contribution is -2.18. The van der Waals surface area contributed by atoms with Crippen LogP contribution in [0.25, 0.3) is 0 Å². The highest BCUT2D eigenvalue weighted by Crippen LogP contribution is 2.27. The van der Waals surface area contributed by atoms with Crippen LogP contribution in [0.4, 0.5) is 13.2 Å². The van der Waals surface area contributed by atoms with Gasteiger partial charge >= 0.3 is 6.36 Å². The Morgan fingerprint density at radius 2 is 2.11 bits per heavy atom. The zero-order valence-corrected chi connectivity index (χ0v) is 12.1. The summed E-state index contributed by atoms with van der Waals surface area (Å²) in [6.07, 6.45) is -2.66. The van der Waals surface area contributed by atoms with Crippen LogP contribution >= 0.6 is 27.7 Å². The molecule has 0 fully saturated rings. The van der Waals surface area contributed by atoms with Gasteiger partial charge in [-0.3, -0.25) is 0 Å². The fraction of sp³-hybridized carbons (Fsp3) is 0.455. The van der Waals surface area contributed by atoms with Gasteiger partial charge in [0.1, 0.15) is 5.75 Å². The third-order valence-electron chi connectivity index (χ3n) is 2.05. The first-order valence-electron chi connectivity index (χ1n) is 5.16. The fourth-order valence-corrected chi connectivity index (χ4v) is 2.02. The molecule has 0 radical (unpaired) electrons. The second kappa shape index (κ2) is 7.25. The normalized spacial score (nSPS) is 11.6. The van der Waals surface area contributed by atoms with Crippen molar-refractivity contribution in [2.24, 2.45) is 0 Å². The van der Waals surface area contributed by atoms with Crippen LogP contribution in [0.15, 0.2) is 22.7 Å². The highest BCUT2D eigenvalue weighted by atomic mass is 79.9. The summed E-state index contributed by atoms with van der Waals surface area (Å²) in [5.74, 6) is 0.753. The maximum absolute atomic E-state index is 12.1. The van der Waals surface area contributed by atoms with Gasteiger partial charge in [-0.1, -0.05) is 15.9 Å². The highest BCUT2D eigenvalue weighted by Gasteiger charge is 2.31. The predicted molar refractivity (Wildman–Crippen MR) is 70.9 cm³/mol. The SMILES string of the molecule is CSCCNCc1cc(OC(F)(F)F)ccc1Br. The van der Waals surface area contributed by atoms with Gasteiger partial charge in [0, 0.05) is 23.3 Å². The molecule has 0 spiro atoms. The molecule has 18 heavy (non-hydrogen) atoms. The van der Waals surface area contributed by atoms with E-state index < -0.39 is 6.36 Å². The van der Waals surface area contributed by atoms with E-state index in [1.54, 1.807) is 17.8 Å². The molecular formula is C11H13BrF3NOS. The lowest BCUT2D eigenvalue weighted by molar-refractivity contribution is -0.274. The van der Waals surface area contributed by atoms with Gasteiger partial charge in [-0.15, -0.1) is 13.2 Å². The molecule has 0 aliphatic carbocycles. The van der Waals surface area contributed by atoms with E-state index in [1.807, 2.05) is 6.26 Å². The van der Waals surface area contributed by atoms with Crippen LogP contribution in [0.5, 0.6) is 5.75 Å². The van der Waals surface area contributed by atoms with E-state index >= 15 is 0 Å². The van der Waals surface area contributed by atoms with E-state index in [4.69, 9.17) is 0 Å². The van der Waals surface area contributed by atoms with Gasteiger partial charge in [-0.25, -0.2) is 0 Å². The fourth-order valence-electron chi connectivity index (χ4n) is 1.28. The molecule has 0 aliphatic heterocycles. The topological polar surface area (TPSA) is 21.3 Å². The Morgan fingerprint density at radius 1 is 1.39 bits per heavy atom. The van der Waals surface area contributed by atoms with Crippen LogP contribution in [-0.4, -0.2) is 24.9 Å². The summed E-state index contributed by atoms with van der Waals surface area (Å²) in [6, 6.07) is 4.21. The van der Waals surface area contributed by atoms with Gasteiger partial charge in [0.2, 0.25) is 0 Å². The first kappa shape index (κ1) is 15.7. The van der Waals surface area contributed by atoms with Gasteiger partial charge in [0.15, 0.2) is 0 Å². The number of hydrogen-bond acceptors (Lipinski definition) is 3. The van der Waals surface area contributed by atoms with Crippen molar-refractivity contribution in [1.82, 2.24) is 5.32 Å². The van der Waals surface area contributed by atoms with Gasteiger partial charge in [0.05, 0.1) is 0 Å². The smallest absolute Gasteiger partial charge is 0.406 e. The average molecular weight is 344 g/mol. The Balaban J connectivity index is 2.63. The summed E-state index contributed by atoms with van der Waals surface area (Å²) in [6.45, 7) is 1.30. The molecule has 0 atom stereocenters. The Hall–Kier alpha value is -0.400. The molecule has 102 valence electrons. The maximum atomic E-state index is 12.1. The van der Waals surface area contributed by atoms with Crippen LogP contribution in [0.3, 0.4) is 0 Å². The lowest BCUT2D eigenvalue weighted by Gasteiger charge is -2.12. The number of ether oxygens (including phenoxy) is 1. The van der Waals surface area contributed by atoms with Crippen molar-refractivity contribution in [3.63, 3.8) is 0 Å². The molecule has 0 heterocycles. The minimum absolute atomic E-state index is 0.202. The number of hydrogen-bond donors (Lipinski definition) is 1. The van der Waals surface area contributed by atoms with Crippen LogP contribution in [-0.2, 0) is 6.54 Å². The van der Waals surface area contributed by atoms with E-state index in [0.717, 1.165) is 22.3 Å². The molecule has 0 amide bonds. The van der Waals surface area contributed by atoms with Crippen molar-refractivity contribution >= 4 is 27.7 Å². The largest absolute Gasteiger partial charge is 0.573 e. The first-order chi connectivity index (χ1) is 8.42. The molecular weight excluding hydrogens is 331 g/mol. The Kier molecular flexibility index (Phi) is 6.31. The molecule has 1 rings (SSSR count). The third-order valence-corrected chi connectivity index (χ3v) is 3.44. The molecule has 1 aromatic rings. The summed E-state index contributed by atoms with van der Waals surface area (Å²) >= 11 is 5.00. The van der Waals surface area contributed by atoms with Crippen LogP contribution in [0.2, 0.25) is 0 Å². The third kappa shape index (κ3) is 5.97. The monoisotopic (exact) mass is 343 g/mol. The van der Waals surface area contributed by atoms with Gasteiger partial charge in [-0.2, -0.15) is 11.8 Å². The Morgan fingerprint density at radius 3 is 2.72 bits per heavy atom. The van der Waals surface area contributed by atoms with Crippen molar-refractivity contribution in [2.45, 2.75) is 12.9 Å². The summed E-state index contributed by atoms with van der Waals surface area (Å²) in [5.41, 5.74) is 0.734. The maximum Gasteiger partial charge on any atom is 0.573 e. The lowest BCUT2D eigenvalue weighted by atomic mass is 10.2. The molecule has 0 aliphatic rings. The molecule has 0 bridgehead atoms. The summed E-state index contributed by atoms with van der Waals surface area (Å²) in [5, 5.41) is 3.15. The van der Waals surface area contributed by atoms with Crippen molar-refractivity contribution in [2.75, 3.05) is 18.6 Å². The molecule has 1 N–H and O–H groups in total. The predicted octanol–water partition coefficient (Wildman–Crippen LogP) is 3.80. The summed E-state index contributed by atoms with van der Waals surface area (Å²) in [7, 11) is 0. The van der Waals surface area contributed by atoms with E-state index in [0.29, 0.717) is 6.54 Å². The minimum Gasteiger partial charge on any atom is -0.406 e. The molecule has 2 nitrogen and oxygen atoms in total. The van der Waals surface area contributed by atoms with E-state index in [9.17, 15) is 13.2 Å². The molecule has 1 aromatic carbocycles. The van der Waals surface area contributed by atoms with Gasteiger partial charge < -0.3 is 10.1 Å². The molecule has 0 unspecified atom stereocenters. The van der Waals surface area contributed by atoms with Crippen molar-refractivity contribution in [3.8, 4) is 5.75 Å². The van der Waals surface area contributed by atoms with Crippen molar-refractivity contribution in [1.29, 1.82) is 0 Å². The quantitative estimate of drug-likeness (QED) is 0.794.